The summed E-state index contributed by atoms with van der Waals surface area (Å²) in [5.41, 5.74) is 5.33. The van der Waals surface area contributed by atoms with Gasteiger partial charge in [-0.1, -0.05) is 35.9 Å². The normalized spacial score (nSPS) is 10.8. The molecule has 0 saturated heterocycles. The fourth-order valence-corrected chi connectivity index (χ4v) is 1.98. The summed E-state index contributed by atoms with van der Waals surface area (Å²) in [6.45, 7) is 2.13. The van der Waals surface area contributed by atoms with Crippen LogP contribution in [0, 0.1) is 0 Å². The highest BCUT2D eigenvalue weighted by Crippen LogP contribution is 2.31. The van der Waals surface area contributed by atoms with Crippen molar-refractivity contribution in [2.45, 2.75) is 0 Å². The minimum absolute atomic E-state index is 0.506. The Morgan fingerprint density at radius 3 is 2.50 bits per heavy atom. The van der Waals surface area contributed by atoms with E-state index in [1.807, 2.05) is 36.4 Å². The summed E-state index contributed by atoms with van der Waals surface area (Å²) in [5, 5.41) is 2.75. The summed E-state index contributed by atoms with van der Waals surface area (Å²) in [5.74, 6) is 0.825. The molecule has 2 aromatic carbocycles. The predicted molar refractivity (Wildman–Crippen MR) is 74.3 cm³/mol. The third-order valence-corrected chi connectivity index (χ3v) is 2.91. The molecule has 0 aliphatic heterocycles. The lowest BCUT2D eigenvalue weighted by Gasteiger charge is -2.10. The first kappa shape index (κ1) is 13.1. The topological polar surface area (TPSA) is 44.5 Å². The van der Waals surface area contributed by atoms with Crippen molar-refractivity contribution < 1.29 is 9.47 Å². The van der Waals surface area contributed by atoms with Gasteiger partial charge in [-0.15, -0.1) is 0 Å². The molecule has 0 fully saturated rings. The van der Waals surface area contributed by atoms with Crippen LogP contribution in [0.4, 0.5) is 0 Å². The first-order valence-corrected chi connectivity index (χ1v) is 6.28. The summed E-state index contributed by atoms with van der Waals surface area (Å²) >= 11 is 6.14. The summed E-state index contributed by atoms with van der Waals surface area (Å²) < 4.78 is 11.0. The van der Waals surface area contributed by atoms with E-state index in [-0.39, 0.29) is 0 Å². The molecule has 2 aromatic rings. The number of benzene rings is 2. The smallest absolute Gasteiger partial charge is 0.127 e. The second-order valence-electron chi connectivity index (χ2n) is 3.84. The lowest BCUT2D eigenvalue weighted by atomic mass is 10.1. The number of hydrogen-bond donors (Lipinski definition) is 1. The molecule has 0 unspecified atom stereocenters. The molecule has 96 valence electrons. The number of ether oxygens (including phenoxy) is 2. The molecular formula is C14H16ClNO2. The summed E-state index contributed by atoms with van der Waals surface area (Å²) in [4.78, 5) is 0. The number of hydrogen-bond acceptors (Lipinski definition) is 3. The van der Waals surface area contributed by atoms with Crippen molar-refractivity contribution in [3.8, 4) is 5.75 Å². The molecule has 4 heteroatoms. The molecule has 3 nitrogen and oxygen atoms in total. The average molecular weight is 266 g/mol. The molecule has 0 heterocycles. The molecule has 0 amide bonds. The number of rotatable bonds is 6. The molecule has 0 aromatic heterocycles. The van der Waals surface area contributed by atoms with Crippen LogP contribution in [0.2, 0.25) is 5.02 Å². The van der Waals surface area contributed by atoms with Gasteiger partial charge in [0, 0.05) is 22.3 Å². The van der Waals surface area contributed by atoms with Crippen molar-refractivity contribution in [1.82, 2.24) is 0 Å². The van der Waals surface area contributed by atoms with Gasteiger partial charge >= 0.3 is 0 Å². The van der Waals surface area contributed by atoms with E-state index in [2.05, 4.69) is 0 Å². The van der Waals surface area contributed by atoms with E-state index in [4.69, 9.17) is 26.8 Å². The molecule has 0 radical (unpaired) electrons. The first-order valence-electron chi connectivity index (χ1n) is 5.91. The van der Waals surface area contributed by atoms with Crippen molar-refractivity contribution in [3.63, 3.8) is 0 Å². The van der Waals surface area contributed by atoms with Crippen LogP contribution in [-0.4, -0.2) is 26.4 Å². The van der Waals surface area contributed by atoms with Crippen LogP contribution < -0.4 is 10.5 Å². The van der Waals surface area contributed by atoms with Crippen LogP contribution in [0.3, 0.4) is 0 Å². The summed E-state index contributed by atoms with van der Waals surface area (Å²) in [6, 6.07) is 11.6. The van der Waals surface area contributed by atoms with Crippen LogP contribution in [0.5, 0.6) is 5.75 Å². The highest BCUT2D eigenvalue weighted by Gasteiger charge is 2.04. The zero-order chi connectivity index (χ0) is 12.8. The molecule has 0 saturated carbocycles. The minimum atomic E-state index is 0.506. The van der Waals surface area contributed by atoms with Crippen LogP contribution in [0.1, 0.15) is 0 Å². The molecule has 0 aliphatic carbocycles. The van der Waals surface area contributed by atoms with Gasteiger partial charge in [-0.3, -0.25) is 0 Å². The van der Waals surface area contributed by atoms with E-state index in [1.54, 1.807) is 0 Å². The Labute approximate surface area is 111 Å². The number of nitrogens with two attached hydrogens (primary N) is 1. The highest BCUT2D eigenvalue weighted by atomic mass is 35.5. The lowest BCUT2D eigenvalue weighted by Crippen LogP contribution is -2.13. The van der Waals surface area contributed by atoms with Crippen LogP contribution in [0.25, 0.3) is 10.8 Å². The Bertz CT molecular complexity index is 516. The van der Waals surface area contributed by atoms with E-state index in [1.165, 1.54) is 0 Å². The Hall–Kier alpha value is -1.29. The summed E-state index contributed by atoms with van der Waals surface area (Å²) in [6.07, 6.45) is 0. The quantitative estimate of drug-likeness (QED) is 0.817. The first-order chi connectivity index (χ1) is 8.83. The molecule has 0 spiro atoms. The van der Waals surface area contributed by atoms with Gasteiger partial charge in [0.05, 0.1) is 13.2 Å². The highest BCUT2D eigenvalue weighted by molar-refractivity contribution is 6.35. The Balaban J connectivity index is 2.07. The maximum absolute atomic E-state index is 6.14. The average Bonchev–Trinajstić information content (AvgIpc) is 2.41. The minimum Gasteiger partial charge on any atom is -0.491 e. The number of halogens is 1. The maximum atomic E-state index is 6.14. The van der Waals surface area contributed by atoms with Gasteiger partial charge < -0.3 is 15.2 Å². The second-order valence-corrected chi connectivity index (χ2v) is 4.25. The third kappa shape index (κ3) is 3.13. The van der Waals surface area contributed by atoms with Crippen molar-refractivity contribution in [2.24, 2.45) is 5.73 Å². The van der Waals surface area contributed by atoms with Crippen molar-refractivity contribution in [2.75, 3.05) is 26.4 Å². The zero-order valence-corrected chi connectivity index (χ0v) is 10.8. The van der Waals surface area contributed by atoms with Crippen LogP contribution in [0.15, 0.2) is 36.4 Å². The van der Waals surface area contributed by atoms with Gasteiger partial charge in [-0.25, -0.2) is 0 Å². The van der Waals surface area contributed by atoms with Crippen LogP contribution in [-0.2, 0) is 4.74 Å². The standard InChI is InChI=1S/C14H16ClNO2/c15-13-5-6-14(18-10-9-17-8-7-16)12-4-2-1-3-11(12)13/h1-6H,7-10,16H2. The van der Waals surface area contributed by atoms with Crippen molar-refractivity contribution >= 4 is 22.4 Å². The van der Waals surface area contributed by atoms with Crippen LogP contribution >= 0.6 is 11.6 Å². The van der Waals surface area contributed by atoms with Crippen molar-refractivity contribution in [3.05, 3.63) is 41.4 Å². The molecule has 2 rings (SSSR count). The predicted octanol–water partition coefficient (Wildman–Crippen LogP) is 2.85. The largest absolute Gasteiger partial charge is 0.491 e. The van der Waals surface area contributed by atoms with Gasteiger partial charge in [-0.2, -0.15) is 0 Å². The molecule has 2 N–H and O–H groups in total. The van der Waals surface area contributed by atoms with Gasteiger partial charge in [-0.05, 0) is 12.1 Å². The summed E-state index contributed by atoms with van der Waals surface area (Å²) in [7, 11) is 0. The van der Waals surface area contributed by atoms with Gasteiger partial charge in [0.15, 0.2) is 0 Å². The van der Waals surface area contributed by atoms with Gasteiger partial charge in [0.25, 0.3) is 0 Å². The second kappa shape index (κ2) is 6.59. The fraction of sp³-hybridized carbons (Fsp3) is 0.286. The molecular weight excluding hydrogens is 250 g/mol. The molecule has 0 atom stereocenters. The van der Waals surface area contributed by atoms with Gasteiger partial charge in [0.1, 0.15) is 12.4 Å². The molecule has 0 aliphatic rings. The lowest BCUT2D eigenvalue weighted by molar-refractivity contribution is 0.106. The van der Waals surface area contributed by atoms with E-state index in [0.29, 0.717) is 26.4 Å². The Morgan fingerprint density at radius 1 is 0.944 bits per heavy atom. The van der Waals surface area contributed by atoms with E-state index in [9.17, 15) is 0 Å². The van der Waals surface area contributed by atoms with E-state index >= 15 is 0 Å². The van der Waals surface area contributed by atoms with E-state index < -0.39 is 0 Å². The molecule has 18 heavy (non-hydrogen) atoms. The third-order valence-electron chi connectivity index (χ3n) is 2.58. The molecule has 0 bridgehead atoms. The van der Waals surface area contributed by atoms with E-state index in [0.717, 1.165) is 21.5 Å². The zero-order valence-electron chi connectivity index (χ0n) is 10.1. The maximum Gasteiger partial charge on any atom is 0.127 e. The van der Waals surface area contributed by atoms with Crippen molar-refractivity contribution in [1.29, 1.82) is 0 Å². The SMILES string of the molecule is NCCOCCOc1ccc(Cl)c2ccccc12. The number of fused-ring (bicyclic) bond motifs is 1. The monoisotopic (exact) mass is 265 g/mol. The fourth-order valence-electron chi connectivity index (χ4n) is 1.76. The Morgan fingerprint density at radius 2 is 1.72 bits per heavy atom. The van der Waals surface area contributed by atoms with Gasteiger partial charge in [0.2, 0.25) is 0 Å². The Kier molecular flexibility index (Phi) is 4.81.